The van der Waals surface area contributed by atoms with Gasteiger partial charge in [-0.05, 0) is 24.3 Å². The molecule has 3 N–H and O–H groups in total. The van der Waals surface area contributed by atoms with Crippen molar-refractivity contribution in [3.05, 3.63) is 41.1 Å². The molecule has 88 valence electrons. The number of ether oxygens (including phenoxy) is 1. The number of nitrogens with two attached hydrogens (primary N) is 1. The summed E-state index contributed by atoms with van der Waals surface area (Å²) in [6.45, 7) is 0. The Hall–Kier alpha value is -1.75. The standard InChI is InChI=1S/C12H12BrN3O/c1-17-12-3-2-8(13)4-11(12)16-10-5-9(14)6-15-7-10/h2-7,16H,14H2,1H3. The number of benzene rings is 1. The zero-order valence-corrected chi connectivity index (χ0v) is 10.9. The summed E-state index contributed by atoms with van der Waals surface area (Å²) < 4.78 is 6.24. The van der Waals surface area contributed by atoms with Crippen molar-refractivity contribution in [2.75, 3.05) is 18.2 Å². The monoisotopic (exact) mass is 293 g/mol. The molecule has 0 spiro atoms. The van der Waals surface area contributed by atoms with Crippen LogP contribution >= 0.6 is 15.9 Å². The molecule has 0 fully saturated rings. The highest BCUT2D eigenvalue weighted by Gasteiger charge is 2.04. The van der Waals surface area contributed by atoms with Gasteiger partial charge in [-0.1, -0.05) is 15.9 Å². The Morgan fingerprint density at radius 1 is 1.29 bits per heavy atom. The number of rotatable bonds is 3. The van der Waals surface area contributed by atoms with Crippen LogP contribution in [0.3, 0.4) is 0 Å². The minimum atomic E-state index is 0.615. The maximum Gasteiger partial charge on any atom is 0.142 e. The summed E-state index contributed by atoms with van der Waals surface area (Å²) in [6.07, 6.45) is 3.31. The molecular weight excluding hydrogens is 282 g/mol. The average molecular weight is 294 g/mol. The number of nitrogen functional groups attached to an aromatic ring is 1. The number of methoxy groups -OCH3 is 1. The molecule has 1 aromatic heterocycles. The van der Waals surface area contributed by atoms with Gasteiger partial charge in [0.25, 0.3) is 0 Å². The first-order valence-corrected chi connectivity index (χ1v) is 5.79. The van der Waals surface area contributed by atoms with Gasteiger partial charge in [0.2, 0.25) is 0 Å². The van der Waals surface area contributed by atoms with Gasteiger partial charge in [-0.15, -0.1) is 0 Å². The molecule has 1 heterocycles. The van der Waals surface area contributed by atoms with Crippen LogP contribution in [0.2, 0.25) is 0 Å². The lowest BCUT2D eigenvalue weighted by atomic mass is 10.2. The summed E-state index contributed by atoms with van der Waals surface area (Å²) >= 11 is 3.42. The zero-order valence-electron chi connectivity index (χ0n) is 9.27. The molecule has 0 aliphatic heterocycles. The Morgan fingerprint density at radius 3 is 2.82 bits per heavy atom. The molecule has 17 heavy (non-hydrogen) atoms. The summed E-state index contributed by atoms with van der Waals surface area (Å²) in [4.78, 5) is 4.02. The van der Waals surface area contributed by atoms with Crippen LogP contribution in [-0.2, 0) is 0 Å². The number of hydrogen-bond donors (Lipinski definition) is 2. The fourth-order valence-corrected chi connectivity index (χ4v) is 1.82. The second kappa shape index (κ2) is 5.05. The molecule has 4 nitrogen and oxygen atoms in total. The van der Waals surface area contributed by atoms with Crippen molar-refractivity contribution in [1.29, 1.82) is 0 Å². The Labute approximate surface area is 108 Å². The summed E-state index contributed by atoms with van der Waals surface area (Å²) in [6, 6.07) is 7.54. The molecule has 2 aromatic rings. The van der Waals surface area contributed by atoms with Crippen LogP contribution in [0, 0.1) is 0 Å². The third kappa shape index (κ3) is 2.88. The molecule has 0 saturated heterocycles. The third-order valence-corrected chi connectivity index (χ3v) is 2.69. The SMILES string of the molecule is COc1ccc(Br)cc1Nc1cncc(N)c1. The highest BCUT2D eigenvalue weighted by atomic mass is 79.9. The van der Waals surface area contributed by atoms with Crippen LogP contribution in [-0.4, -0.2) is 12.1 Å². The molecule has 0 saturated carbocycles. The topological polar surface area (TPSA) is 60.2 Å². The quantitative estimate of drug-likeness (QED) is 0.912. The first-order chi connectivity index (χ1) is 8.19. The minimum Gasteiger partial charge on any atom is -0.495 e. The molecule has 2 rings (SSSR count). The van der Waals surface area contributed by atoms with E-state index in [0.29, 0.717) is 5.69 Å². The minimum absolute atomic E-state index is 0.615. The van der Waals surface area contributed by atoms with Gasteiger partial charge in [-0.3, -0.25) is 4.98 Å². The van der Waals surface area contributed by atoms with Gasteiger partial charge < -0.3 is 15.8 Å². The van der Waals surface area contributed by atoms with Gasteiger partial charge in [-0.2, -0.15) is 0 Å². The van der Waals surface area contributed by atoms with Crippen molar-refractivity contribution < 1.29 is 4.74 Å². The van der Waals surface area contributed by atoms with E-state index in [2.05, 4.69) is 26.2 Å². The third-order valence-electron chi connectivity index (χ3n) is 2.20. The molecule has 0 unspecified atom stereocenters. The lowest BCUT2D eigenvalue weighted by molar-refractivity contribution is 0.417. The van der Waals surface area contributed by atoms with Crippen LogP contribution in [0.5, 0.6) is 5.75 Å². The van der Waals surface area contributed by atoms with Crippen molar-refractivity contribution in [2.45, 2.75) is 0 Å². The Morgan fingerprint density at radius 2 is 2.12 bits per heavy atom. The molecule has 0 aliphatic carbocycles. The number of nitrogens with zero attached hydrogens (tertiary/aromatic N) is 1. The lowest BCUT2D eigenvalue weighted by Gasteiger charge is -2.11. The molecule has 0 aliphatic rings. The number of nitrogens with one attached hydrogen (secondary N) is 1. The van der Waals surface area contributed by atoms with Gasteiger partial charge in [0.05, 0.1) is 30.4 Å². The van der Waals surface area contributed by atoms with Crippen LogP contribution in [0.15, 0.2) is 41.1 Å². The number of pyridine rings is 1. The van der Waals surface area contributed by atoms with Crippen LogP contribution in [0.25, 0.3) is 0 Å². The van der Waals surface area contributed by atoms with Gasteiger partial charge in [0.15, 0.2) is 0 Å². The summed E-state index contributed by atoms with van der Waals surface area (Å²) in [5.74, 6) is 0.760. The smallest absolute Gasteiger partial charge is 0.142 e. The fraction of sp³-hybridized carbons (Fsp3) is 0.0833. The number of aromatic nitrogens is 1. The Balaban J connectivity index is 2.32. The number of anilines is 3. The van der Waals surface area contributed by atoms with Crippen molar-refractivity contribution in [3.8, 4) is 5.75 Å². The van der Waals surface area contributed by atoms with Crippen LogP contribution in [0.4, 0.5) is 17.1 Å². The highest BCUT2D eigenvalue weighted by molar-refractivity contribution is 9.10. The number of hydrogen-bond acceptors (Lipinski definition) is 4. The van der Waals surface area contributed by atoms with Crippen molar-refractivity contribution in [2.24, 2.45) is 0 Å². The van der Waals surface area contributed by atoms with Gasteiger partial charge in [-0.25, -0.2) is 0 Å². The van der Waals surface area contributed by atoms with E-state index < -0.39 is 0 Å². The molecule has 0 atom stereocenters. The van der Waals surface area contributed by atoms with E-state index in [9.17, 15) is 0 Å². The van der Waals surface area contributed by atoms with E-state index in [1.54, 1.807) is 19.5 Å². The number of halogens is 1. The van der Waals surface area contributed by atoms with E-state index in [1.165, 1.54) is 0 Å². The van der Waals surface area contributed by atoms with Gasteiger partial charge in [0.1, 0.15) is 5.75 Å². The summed E-state index contributed by atoms with van der Waals surface area (Å²) in [5, 5.41) is 3.21. The highest BCUT2D eigenvalue weighted by Crippen LogP contribution is 2.30. The first kappa shape index (κ1) is 11.7. The normalized spacial score (nSPS) is 10.0. The molecule has 0 amide bonds. The van der Waals surface area contributed by atoms with E-state index in [1.807, 2.05) is 24.3 Å². The maximum atomic E-state index is 5.67. The van der Waals surface area contributed by atoms with E-state index >= 15 is 0 Å². The lowest BCUT2D eigenvalue weighted by Crippen LogP contribution is -1.96. The van der Waals surface area contributed by atoms with Crippen molar-refractivity contribution in [3.63, 3.8) is 0 Å². The molecule has 0 bridgehead atoms. The van der Waals surface area contributed by atoms with E-state index in [-0.39, 0.29) is 0 Å². The van der Waals surface area contributed by atoms with Crippen LogP contribution in [0.1, 0.15) is 0 Å². The fourth-order valence-electron chi connectivity index (χ4n) is 1.46. The summed E-state index contributed by atoms with van der Waals surface area (Å²) in [7, 11) is 1.63. The first-order valence-electron chi connectivity index (χ1n) is 5.00. The predicted octanol–water partition coefficient (Wildman–Crippen LogP) is 3.18. The maximum absolute atomic E-state index is 5.67. The van der Waals surface area contributed by atoms with Crippen molar-refractivity contribution >= 4 is 33.0 Å². The van der Waals surface area contributed by atoms with E-state index in [0.717, 1.165) is 21.6 Å². The second-order valence-electron chi connectivity index (χ2n) is 3.48. The van der Waals surface area contributed by atoms with Crippen LogP contribution < -0.4 is 15.8 Å². The van der Waals surface area contributed by atoms with Crippen molar-refractivity contribution in [1.82, 2.24) is 4.98 Å². The average Bonchev–Trinajstić information content (AvgIpc) is 2.29. The largest absolute Gasteiger partial charge is 0.495 e. The zero-order chi connectivity index (χ0) is 12.3. The van der Waals surface area contributed by atoms with Gasteiger partial charge >= 0.3 is 0 Å². The molecule has 5 heteroatoms. The molecule has 0 radical (unpaired) electrons. The molecule has 1 aromatic carbocycles. The Kier molecular flexibility index (Phi) is 3.49. The van der Waals surface area contributed by atoms with E-state index in [4.69, 9.17) is 10.5 Å². The van der Waals surface area contributed by atoms with Gasteiger partial charge in [0, 0.05) is 10.7 Å². The molecular formula is C12H12BrN3O. The second-order valence-corrected chi connectivity index (χ2v) is 4.39. The summed E-state index contributed by atoms with van der Waals surface area (Å²) in [5.41, 5.74) is 7.96. The predicted molar refractivity (Wildman–Crippen MR) is 72.6 cm³/mol. The Bertz CT molecular complexity index is 531.